The Morgan fingerprint density at radius 1 is 0.775 bits per heavy atom. The Hall–Kier alpha value is -5.35. The number of nitrogens with one attached hydrogen (secondary N) is 2. The number of imidazole rings is 3. The highest BCUT2D eigenvalue weighted by Gasteiger charge is 2.37. The van der Waals surface area contributed by atoms with Gasteiger partial charge >= 0.3 is 11.4 Å². The molecule has 5 aromatic heterocycles. The lowest BCUT2D eigenvalue weighted by Gasteiger charge is -2.25. The van der Waals surface area contributed by atoms with Gasteiger partial charge in [0.1, 0.15) is 11.2 Å². The highest BCUT2D eigenvalue weighted by atomic mass is 16.2. The van der Waals surface area contributed by atoms with Crippen LogP contribution in [0, 0.1) is 0 Å². The molecule has 0 aliphatic carbocycles. The third kappa shape index (κ3) is 4.36. The zero-order chi connectivity index (χ0) is 29.6. The van der Waals surface area contributed by atoms with Gasteiger partial charge < -0.3 is 14.1 Å². The van der Waals surface area contributed by atoms with Crippen molar-refractivity contribution in [3.8, 4) is 0 Å². The third-order valence-electron chi connectivity index (χ3n) is 6.59. The van der Waals surface area contributed by atoms with E-state index in [4.69, 9.17) is 0 Å². The normalized spacial score (nSPS) is 14.6. The number of carbonyl (C=O) groups excluding carboxylic acids is 2. The van der Waals surface area contributed by atoms with Crippen molar-refractivity contribution >= 4 is 34.1 Å². The fraction of sp³-hybridized carbons (Fsp3) is 0.348. The van der Waals surface area contributed by atoms with Crippen molar-refractivity contribution in [1.82, 2.24) is 52.7 Å². The summed E-state index contributed by atoms with van der Waals surface area (Å²) < 4.78 is 6.90. The van der Waals surface area contributed by atoms with E-state index in [0.717, 1.165) is 9.47 Å². The average Bonchev–Trinajstić information content (AvgIpc) is 3.66. The summed E-state index contributed by atoms with van der Waals surface area (Å²) in [6.45, 7) is 1.76. The van der Waals surface area contributed by atoms with Gasteiger partial charge in [-0.3, -0.25) is 42.8 Å². The molecule has 0 saturated heterocycles. The number of hydrogen-bond acceptors (Lipinski definition) is 9. The molecule has 6 heterocycles. The van der Waals surface area contributed by atoms with Gasteiger partial charge in [0.15, 0.2) is 16.8 Å². The van der Waals surface area contributed by atoms with Crippen LogP contribution in [-0.4, -0.2) is 71.5 Å². The minimum absolute atomic E-state index is 0.193. The molecule has 0 fully saturated rings. The van der Waals surface area contributed by atoms with Crippen molar-refractivity contribution in [3.63, 3.8) is 0 Å². The first-order valence-electron chi connectivity index (χ1n) is 11.8. The summed E-state index contributed by atoms with van der Waals surface area (Å²) in [7, 11) is 9.52. The van der Waals surface area contributed by atoms with E-state index in [1.807, 2.05) is 0 Å². The Morgan fingerprint density at radius 2 is 1.43 bits per heavy atom. The maximum absolute atomic E-state index is 11.7. The molecule has 40 heavy (non-hydrogen) atoms. The molecule has 1 aliphatic rings. The molecular formula is C23H27N11O6. The van der Waals surface area contributed by atoms with E-state index in [1.165, 1.54) is 35.9 Å². The molecule has 1 atom stereocenters. The number of hydrogen-bond donors (Lipinski definition) is 2. The molecule has 0 radical (unpaired) electrons. The first-order valence-corrected chi connectivity index (χ1v) is 11.8. The minimum atomic E-state index is -0.448. The maximum Gasteiger partial charge on any atom is 0.332 e. The molecule has 5 aromatic rings. The summed E-state index contributed by atoms with van der Waals surface area (Å²) in [4.78, 5) is 86.4. The van der Waals surface area contributed by atoms with Crippen molar-refractivity contribution in [2.45, 2.75) is 12.8 Å². The van der Waals surface area contributed by atoms with Crippen molar-refractivity contribution < 1.29 is 9.59 Å². The second kappa shape index (κ2) is 10.1. The lowest BCUT2D eigenvalue weighted by molar-refractivity contribution is -0.129. The largest absolute Gasteiger partial charge is 0.339 e. The molecule has 2 N–H and O–H groups in total. The predicted octanol–water partition coefficient (Wildman–Crippen LogP) is -1.94. The number of nitrogens with zero attached hydrogens (tertiary/aromatic N) is 9. The number of amides is 2. The molecule has 0 bridgehead atoms. The number of fused-ring (bicyclic) bond motifs is 3. The van der Waals surface area contributed by atoms with Crippen LogP contribution in [0.3, 0.4) is 0 Å². The molecular weight excluding hydrogens is 526 g/mol. The molecule has 1 aliphatic heterocycles. The second-order valence-electron chi connectivity index (χ2n) is 9.17. The number of aryl methyl sites for hydroxylation is 4. The number of likely N-dealkylation sites (N-methyl/N-ethyl adjacent to an activating group) is 1. The van der Waals surface area contributed by atoms with E-state index < -0.39 is 11.2 Å². The monoisotopic (exact) mass is 553 g/mol. The fourth-order valence-electron chi connectivity index (χ4n) is 4.22. The third-order valence-corrected chi connectivity index (χ3v) is 6.59. The lowest BCUT2D eigenvalue weighted by Crippen LogP contribution is -2.42. The van der Waals surface area contributed by atoms with Gasteiger partial charge in [-0.25, -0.2) is 24.5 Å². The van der Waals surface area contributed by atoms with Gasteiger partial charge in [-0.05, 0) is 6.92 Å². The number of rotatable bonds is 0. The zero-order valence-corrected chi connectivity index (χ0v) is 22.8. The number of aromatic nitrogens is 10. The molecule has 17 heteroatoms. The fourth-order valence-corrected chi connectivity index (χ4v) is 4.22. The Morgan fingerprint density at radius 3 is 2.10 bits per heavy atom. The van der Waals surface area contributed by atoms with Crippen LogP contribution in [0.4, 0.5) is 0 Å². The molecule has 0 spiro atoms. The summed E-state index contributed by atoms with van der Waals surface area (Å²) in [5, 5.41) is 0. The Labute approximate surface area is 224 Å². The van der Waals surface area contributed by atoms with Crippen LogP contribution in [0.5, 0.6) is 0 Å². The predicted molar refractivity (Wildman–Crippen MR) is 142 cm³/mol. The van der Waals surface area contributed by atoms with Gasteiger partial charge in [-0.1, -0.05) is 0 Å². The first kappa shape index (κ1) is 27.7. The van der Waals surface area contributed by atoms with E-state index >= 15 is 0 Å². The SMILES string of the molecule is CC1C(=O)N(C)C(=O)c2c1ncn2C.Cn1c(=O)c2[nH]cnc2n(C)c1=O.Cn1cnc2c1c(=O)[nH]c(=O)n2C. The number of carbonyl (C=O) groups is 2. The zero-order valence-electron chi connectivity index (χ0n) is 22.8. The standard InChI is InChI=1S/C9H11N3O2.2C7H8N4O2/c1-5-6-7(11(2)4-10-6)9(14)12(3)8(5)13;1-10-3-8-5-4(10)6(12)9-7(13)11(5)2;1-10-5-4(8-3-9-5)6(12)11(2)7(10)13/h4-5H,1-3H3;3H,1-2H3,(H,9,12,13);3H,1-2H3,(H,8,9). The summed E-state index contributed by atoms with van der Waals surface area (Å²) >= 11 is 0. The topological polar surface area (TPSA) is 201 Å². The summed E-state index contributed by atoms with van der Waals surface area (Å²) in [5.41, 5.74) is 1.06. The van der Waals surface area contributed by atoms with Gasteiger partial charge in [0, 0.05) is 42.3 Å². The number of imide groups is 1. The molecule has 6 rings (SSSR count). The summed E-state index contributed by atoms with van der Waals surface area (Å²) in [6.07, 6.45) is 4.45. The molecule has 0 saturated carbocycles. The van der Waals surface area contributed by atoms with Gasteiger partial charge in [0.25, 0.3) is 17.0 Å². The molecule has 210 valence electrons. The number of aromatic amines is 2. The van der Waals surface area contributed by atoms with Gasteiger partial charge in [-0.2, -0.15) is 0 Å². The van der Waals surface area contributed by atoms with Crippen molar-refractivity contribution in [1.29, 1.82) is 0 Å². The van der Waals surface area contributed by atoms with E-state index in [1.54, 1.807) is 50.6 Å². The summed E-state index contributed by atoms with van der Waals surface area (Å²) in [6, 6.07) is 0. The van der Waals surface area contributed by atoms with Crippen molar-refractivity contribution in [2.75, 3.05) is 7.05 Å². The van der Waals surface area contributed by atoms with E-state index in [2.05, 4.69) is 24.9 Å². The van der Waals surface area contributed by atoms with Crippen LogP contribution < -0.4 is 22.5 Å². The van der Waals surface area contributed by atoms with E-state index in [0.29, 0.717) is 33.7 Å². The highest BCUT2D eigenvalue weighted by molar-refractivity contribution is 6.09. The first-order chi connectivity index (χ1) is 18.8. The Bertz CT molecular complexity index is 2030. The highest BCUT2D eigenvalue weighted by Crippen LogP contribution is 2.26. The van der Waals surface area contributed by atoms with Crippen LogP contribution in [0.1, 0.15) is 29.0 Å². The van der Waals surface area contributed by atoms with Crippen LogP contribution in [0.25, 0.3) is 22.3 Å². The lowest BCUT2D eigenvalue weighted by atomic mass is 9.99. The molecule has 1 unspecified atom stereocenters. The van der Waals surface area contributed by atoms with Gasteiger partial charge in [0.05, 0.1) is 30.6 Å². The molecule has 0 aromatic carbocycles. The van der Waals surface area contributed by atoms with E-state index in [-0.39, 0.29) is 29.0 Å². The smallest absolute Gasteiger partial charge is 0.332 e. The maximum atomic E-state index is 11.7. The second-order valence-corrected chi connectivity index (χ2v) is 9.17. The molecule has 2 amide bonds. The minimum Gasteiger partial charge on any atom is -0.339 e. The van der Waals surface area contributed by atoms with Crippen molar-refractivity contribution in [2.24, 2.45) is 35.2 Å². The van der Waals surface area contributed by atoms with Crippen LogP contribution in [-0.2, 0) is 40.0 Å². The Balaban J connectivity index is 0.000000139. The van der Waals surface area contributed by atoms with Crippen LogP contribution >= 0.6 is 0 Å². The number of H-pyrrole nitrogens is 2. The van der Waals surface area contributed by atoms with Gasteiger partial charge in [-0.15, -0.1) is 0 Å². The van der Waals surface area contributed by atoms with Crippen LogP contribution in [0.2, 0.25) is 0 Å². The van der Waals surface area contributed by atoms with Crippen molar-refractivity contribution in [3.05, 3.63) is 72.0 Å². The average molecular weight is 554 g/mol. The molecule has 17 nitrogen and oxygen atoms in total. The van der Waals surface area contributed by atoms with Crippen LogP contribution in [0.15, 0.2) is 38.2 Å². The quantitative estimate of drug-likeness (QED) is 0.205. The summed E-state index contributed by atoms with van der Waals surface area (Å²) in [5.74, 6) is -0.793. The van der Waals surface area contributed by atoms with E-state index in [9.17, 15) is 28.8 Å². The van der Waals surface area contributed by atoms with Gasteiger partial charge in [0.2, 0.25) is 5.91 Å². The Kier molecular flexibility index (Phi) is 6.98.